The van der Waals surface area contributed by atoms with Crippen molar-refractivity contribution >= 4 is 38.9 Å². The van der Waals surface area contributed by atoms with Gasteiger partial charge in [0, 0.05) is 12.6 Å². The molecule has 0 N–H and O–H groups in total. The van der Waals surface area contributed by atoms with Gasteiger partial charge in [0.1, 0.15) is 5.52 Å². The first-order chi connectivity index (χ1) is 16.0. The number of fused-ring (bicyclic) bond motifs is 2. The average Bonchev–Trinajstić information content (AvgIpc) is 3.46. The Kier molecular flexibility index (Phi) is 5.43. The summed E-state index contributed by atoms with van der Waals surface area (Å²) in [5.41, 5.74) is 3.76. The summed E-state index contributed by atoms with van der Waals surface area (Å²) in [7, 11) is -3.65. The summed E-state index contributed by atoms with van der Waals surface area (Å²) in [6.45, 7) is 0.349. The highest BCUT2D eigenvalue weighted by molar-refractivity contribution is 7.92. The predicted molar refractivity (Wildman–Crippen MR) is 124 cm³/mol. The first-order valence-electron chi connectivity index (χ1n) is 10.4. The van der Waals surface area contributed by atoms with Crippen molar-refractivity contribution in [2.45, 2.75) is 17.9 Å². The number of para-hydroxylation sites is 3. The number of hydrogen-bond donors (Lipinski definition) is 0. The van der Waals surface area contributed by atoms with Gasteiger partial charge in [-0.3, -0.25) is 4.31 Å². The molecule has 7 nitrogen and oxygen atoms in total. The SMILES string of the molecule is O=C(/C=C/c1ccc(S(=O)(=O)N2CCc3ccccc32)cc1)OCc1nc2ccccc2o1. The molecule has 0 atom stereocenters. The number of rotatable bonds is 6. The van der Waals surface area contributed by atoms with Gasteiger partial charge in [-0.15, -0.1) is 0 Å². The zero-order valence-corrected chi connectivity index (χ0v) is 18.4. The highest BCUT2D eigenvalue weighted by Gasteiger charge is 2.30. The average molecular weight is 461 g/mol. The van der Waals surface area contributed by atoms with Crippen LogP contribution in [0.5, 0.6) is 0 Å². The Morgan fingerprint density at radius 1 is 1.03 bits per heavy atom. The molecule has 2 heterocycles. The molecule has 4 aromatic rings. The quantitative estimate of drug-likeness (QED) is 0.314. The van der Waals surface area contributed by atoms with Crippen LogP contribution in [0.25, 0.3) is 17.2 Å². The molecule has 166 valence electrons. The lowest BCUT2D eigenvalue weighted by Gasteiger charge is -2.19. The number of esters is 1. The molecule has 0 bridgehead atoms. The molecular weight excluding hydrogens is 440 g/mol. The van der Waals surface area contributed by atoms with Crippen molar-refractivity contribution in [1.82, 2.24) is 4.98 Å². The summed E-state index contributed by atoms with van der Waals surface area (Å²) < 4.78 is 38.3. The maximum Gasteiger partial charge on any atom is 0.331 e. The molecule has 0 saturated heterocycles. The van der Waals surface area contributed by atoms with E-state index in [1.54, 1.807) is 36.4 Å². The van der Waals surface area contributed by atoms with Crippen LogP contribution >= 0.6 is 0 Å². The van der Waals surface area contributed by atoms with Crippen molar-refractivity contribution in [3.8, 4) is 0 Å². The summed E-state index contributed by atoms with van der Waals surface area (Å²) in [6, 6.07) is 21.2. The van der Waals surface area contributed by atoms with Gasteiger partial charge in [0.15, 0.2) is 12.2 Å². The van der Waals surface area contributed by atoms with E-state index in [2.05, 4.69) is 4.98 Å². The van der Waals surface area contributed by atoms with Crippen LogP contribution in [0.4, 0.5) is 5.69 Å². The van der Waals surface area contributed by atoms with Crippen LogP contribution in [0.1, 0.15) is 17.0 Å². The van der Waals surface area contributed by atoms with Crippen LogP contribution in [0.15, 0.2) is 88.2 Å². The molecule has 1 aromatic heterocycles. The summed E-state index contributed by atoms with van der Waals surface area (Å²) in [6.07, 6.45) is 3.54. The molecule has 0 saturated carbocycles. The number of carbonyl (C=O) groups excluding carboxylic acids is 1. The van der Waals surface area contributed by atoms with Crippen LogP contribution in [0.2, 0.25) is 0 Å². The Morgan fingerprint density at radius 3 is 2.61 bits per heavy atom. The second kappa shape index (κ2) is 8.55. The zero-order valence-electron chi connectivity index (χ0n) is 17.5. The maximum atomic E-state index is 13.1. The summed E-state index contributed by atoms with van der Waals surface area (Å²) in [4.78, 5) is 16.5. The Morgan fingerprint density at radius 2 is 1.79 bits per heavy atom. The zero-order chi connectivity index (χ0) is 22.8. The third-order valence-electron chi connectivity index (χ3n) is 5.40. The predicted octanol–water partition coefficient (Wildman–Crippen LogP) is 4.34. The largest absolute Gasteiger partial charge is 0.453 e. The molecule has 3 aromatic carbocycles. The van der Waals surface area contributed by atoms with Crippen molar-refractivity contribution in [1.29, 1.82) is 0 Å². The van der Waals surface area contributed by atoms with E-state index in [9.17, 15) is 13.2 Å². The summed E-state index contributed by atoms with van der Waals surface area (Å²) >= 11 is 0. The van der Waals surface area contributed by atoms with Crippen LogP contribution < -0.4 is 4.31 Å². The number of carbonyl (C=O) groups is 1. The molecule has 0 aliphatic carbocycles. The smallest absolute Gasteiger partial charge is 0.331 e. The van der Waals surface area contributed by atoms with Gasteiger partial charge in [0.25, 0.3) is 10.0 Å². The van der Waals surface area contributed by atoms with Gasteiger partial charge in [0.2, 0.25) is 5.89 Å². The van der Waals surface area contributed by atoms with Crippen molar-refractivity contribution < 1.29 is 22.4 Å². The van der Waals surface area contributed by atoms with Crippen molar-refractivity contribution in [3.05, 3.63) is 95.9 Å². The van der Waals surface area contributed by atoms with E-state index in [1.807, 2.05) is 42.5 Å². The normalized spacial score (nSPS) is 13.5. The minimum Gasteiger partial charge on any atom is -0.453 e. The number of nitrogens with zero attached hydrogens (tertiary/aromatic N) is 2. The Hall–Kier alpha value is -3.91. The second-order valence-electron chi connectivity index (χ2n) is 7.54. The van der Waals surface area contributed by atoms with E-state index in [4.69, 9.17) is 9.15 Å². The lowest BCUT2D eigenvalue weighted by molar-refractivity contribution is -0.139. The maximum absolute atomic E-state index is 13.1. The van der Waals surface area contributed by atoms with E-state index in [0.717, 1.165) is 11.3 Å². The van der Waals surface area contributed by atoms with Gasteiger partial charge in [0.05, 0.1) is 10.6 Å². The molecule has 0 amide bonds. The van der Waals surface area contributed by atoms with Gasteiger partial charge >= 0.3 is 5.97 Å². The Balaban J connectivity index is 1.22. The summed E-state index contributed by atoms with van der Waals surface area (Å²) in [5, 5.41) is 0. The number of sulfonamides is 1. The standard InChI is InChI=1S/C25H20N2O5S/c28-25(31-17-24-26-21-6-2-4-8-23(21)32-24)14-11-18-9-12-20(13-10-18)33(29,30)27-16-15-19-5-1-3-7-22(19)27/h1-14H,15-17H2/b14-11+. The number of aromatic nitrogens is 1. The van der Waals surface area contributed by atoms with Gasteiger partial charge < -0.3 is 9.15 Å². The summed E-state index contributed by atoms with van der Waals surface area (Å²) in [5.74, 6) is -0.237. The third-order valence-corrected chi connectivity index (χ3v) is 7.23. The van der Waals surface area contributed by atoms with E-state index in [1.165, 1.54) is 10.4 Å². The fourth-order valence-electron chi connectivity index (χ4n) is 3.76. The Bertz CT molecular complexity index is 1420. The highest BCUT2D eigenvalue weighted by Crippen LogP contribution is 2.32. The molecule has 1 aliphatic heterocycles. The monoisotopic (exact) mass is 460 g/mol. The van der Waals surface area contributed by atoms with Gasteiger partial charge in [-0.1, -0.05) is 42.5 Å². The lowest BCUT2D eigenvalue weighted by Crippen LogP contribution is -2.29. The molecule has 8 heteroatoms. The second-order valence-corrected chi connectivity index (χ2v) is 9.40. The molecule has 1 aliphatic rings. The molecule has 0 fully saturated rings. The molecule has 0 unspecified atom stereocenters. The fourth-order valence-corrected chi connectivity index (χ4v) is 5.27. The van der Waals surface area contributed by atoms with E-state index < -0.39 is 16.0 Å². The van der Waals surface area contributed by atoms with Crippen molar-refractivity contribution in [2.24, 2.45) is 0 Å². The number of oxazole rings is 1. The molecule has 0 radical (unpaired) electrons. The number of ether oxygens (including phenoxy) is 1. The number of anilines is 1. The molecular formula is C25H20N2O5S. The molecule has 0 spiro atoms. The van der Waals surface area contributed by atoms with Crippen LogP contribution in [-0.2, 0) is 32.6 Å². The van der Waals surface area contributed by atoms with Gasteiger partial charge in [-0.05, 0) is 54.0 Å². The minimum absolute atomic E-state index is 0.0770. The number of hydrogen-bond acceptors (Lipinski definition) is 6. The van der Waals surface area contributed by atoms with Gasteiger partial charge in [-0.25, -0.2) is 18.2 Å². The fraction of sp³-hybridized carbons (Fsp3) is 0.120. The first kappa shape index (κ1) is 21.0. The number of benzene rings is 3. The minimum atomic E-state index is -3.65. The van der Waals surface area contributed by atoms with E-state index in [0.29, 0.717) is 35.5 Å². The van der Waals surface area contributed by atoms with Crippen LogP contribution in [-0.4, -0.2) is 25.9 Å². The van der Waals surface area contributed by atoms with E-state index >= 15 is 0 Å². The molecule has 33 heavy (non-hydrogen) atoms. The van der Waals surface area contributed by atoms with Crippen LogP contribution in [0, 0.1) is 0 Å². The van der Waals surface area contributed by atoms with Crippen LogP contribution in [0.3, 0.4) is 0 Å². The van der Waals surface area contributed by atoms with Crippen molar-refractivity contribution in [2.75, 3.05) is 10.8 Å². The molecule has 5 rings (SSSR count). The third kappa shape index (κ3) is 4.25. The van der Waals surface area contributed by atoms with Crippen molar-refractivity contribution in [3.63, 3.8) is 0 Å². The lowest BCUT2D eigenvalue weighted by atomic mass is 10.2. The Labute approximate surface area is 191 Å². The topological polar surface area (TPSA) is 89.7 Å². The first-order valence-corrected chi connectivity index (χ1v) is 11.8. The van der Waals surface area contributed by atoms with Gasteiger partial charge in [-0.2, -0.15) is 0 Å². The van der Waals surface area contributed by atoms with E-state index in [-0.39, 0.29) is 11.5 Å². The highest BCUT2D eigenvalue weighted by atomic mass is 32.2.